The topological polar surface area (TPSA) is 136 Å². The van der Waals surface area contributed by atoms with Gasteiger partial charge < -0.3 is 0 Å². The van der Waals surface area contributed by atoms with Crippen LogP contribution in [0.15, 0.2) is 46.5 Å². The summed E-state index contributed by atoms with van der Waals surface area (Å²) in [6.07, 6.45) is 2.93. The zero-order chi connectivity index (χ0) is 20.5. The van der Waals surface area contributed by atoms with E-state index in [9.17, 15) is 26.9 Å². The number of nitro groups is 1. The van der Waals surface area contributed by atoms with E-state index in [1.807, 2.05) is 0 Å². The van der Waals surface area contributed by atoms with Crippen LogP contribution in [0.3, 0.4) is 0 Å². The summed E-state index contributed by atoms with van der Waals surface area (Å²) in [5.74, 6) is 0. The molecule has 0 aliphatic carbocycles. The van der Waals surface area contributed by atoms with Gasteiger partial charge in [0.25, 0.3) is 5.69 Å². The van der Waals surface area contributed by atoms with Crippen molar-refractivity contribution in [3.63, 3.8) is 0 Å². The molecule has 1 aliphatic rings. The number of non-ortho nitro benzene ring substituents is 1. The minimum atomic E-state index is -3.98. The summed E-state index contributed by atoms with van der Waals surface area (Å²) in [5, 5.41) is 14.8. The van der Waals surface area contributed by atoms with Gasteiger partial charge in [-0.25, -0.2) is 16.8 Å². The Morgan fingerprint density at radius 2 is 1.61 bits per heavy atom. The Morgan fingerprint density at radius 3 is 2.14 bits per heavy atom. The van der Waals surface area contributed by atoms with Gasteiger partial charge in [0, 0.05) is 51.6 Å². The molecular weight excluding hydrogens is 410 g/mol. The van der Waals surface area contributed by atoms with Crippen molar-refractivity contribution in [2.24, 2.45) is 7.05 Å². The van der Waals surface area contributed by atoms with E-state index in [4.69, 9.17) is 0 Å². The lowest BCUT2D eigenvalue weighted by Gasteiger charge is -2.21. The highest BCUT2D eigenvalue weighted by Crippen LogP contribution is 2.23. The molecule has 1 aliphatic heterocycles. The molecule has 2 aromatic rings. The molecule has 1 aromatic heterocycles. The number of nitrogens with zero attached hydrogens (tertiary/aromatic N) is 5. The number of hydrogen-bond acceptors (Lipinski definition) is 7. The van der Waals surface area contributed by atoms with Crippen LogP contribution in [0, 0.1) is 10.1 Å². The molecule has 1 aromatic carbocycles. The molecule has 0 amide bonds. The zero-order valence-corrected chi connectivity index (χ0v) is 16.6. The molecule has 13 heteroatoms. The van der Waals surface area contributed by atoms with Gasteiger partial charge in [0.05, 0.1) is 16.0 Å². The first-order chi connectivity index (χ1) is 13.1. The smallest absolute Gasteiger partial charge is 0.270 e. The summed E-state index contributed by atoms with van der Waals surface area (Å²) in [4.78, 5) is 10.1. The van der Waals surface area contributed by atoms with Gasteiger partial charge >= 0.3 is 0 Å². The predicted octanol–water partition coefficient (Wildman–Crippen LogP) is 0.414. The molecule has 0 bridgehead atoms. The van der Waals surface area contributed by atoms with Gasteiger partial charge in [-0.15, -0.1) is 0 Å². The van der Waals surface area contributed by atoms with Crippen molar-refractivity contribution in [2.75, 3.05) is 26.2 Å². The highest BCUT2D eigenvalue weighted by molar-refractivity contribution is 7.89. The molecule has 1 fully saturated rings. The third-order valence-corrected chi connectivity index (χ3v) is 8.15. The number of nitro benzene ring substituents is 1. The molecule has 28 heavy (non-hydrogen) atoms. The predicted molar refractivity (Wildman–Crippen MR) is 98.4 cm³/mol. The van der Waals surface area contributed by atoms with Crippen LogP contribution in [0.4, 0.5) is 5.69 Å². The maximum Gasteiger partial charge on any atom is 0.270 e. The van der Waals surface area contributed by atoms with E-state index in [1.54, 1.807) is 7.05 Å². The molecule has 0 unspecified atom stereocenters. The summed E-state index contributed by atoms with van der Waals surface area (Å²) in [6, 6.07) is 4.81. The second kappa shape index (κ2) is 7.58. The average Bonchev–Trinajstić information content (AvgIpc) is 2.93. The number of aryl methyl sites for hydroxylation is 1. The molecule has 1 saturated heterocycles. The number of sulfonamides is 2. The fourth-order valence-electron chi connectivity index (χ4n) is 2.94. The SMILES string of the molecule is Cn1cc(S(=O)(=O)N2CCCN(S(=O)(=O)c3cccc([N+](=O)[O-])c3)CC2)cn1. The van der Waals surface area contributed by atoms with Crippen molar-refractivity contribution in [3.8, 4) is 0 Å². The summed E-state index contributed by atoms with van der Waals surface area (Å²) >= 11 is 0. The van der Waals surface area contributed by atoms with Crippen LogP contribution in [-0.2, 0) is 27.1 Å². The first kappa shape index (κ1) is 20.4. The molecule has 0 spiro atoms. The maximum atomic E-state index is 12.9. The number of rotatable bonds is 5. The van der Waals surface area contributed by atoms with Crippen LogP contribution in [0.5, 0.6) is 0 Å². The van der Waals surface area contributed by atoms with E-state index in [0.29, 0.717) is 6.42 Å². The van der Waals surface area contributed by atoms with Gasteiger partial charge in [-0.05, 0) is 12.5 Å². The molecule has 11 nitrogen and oxygen atoms in total. The van der Waals surface area contributed by atoms with Gasteiger partial charge in [-0.1, -0.05) is 6.07 Å². The van der Waals surface area contributed by atoms with Crippen molar-refractivity contribution >= 4 is 25.7 Å². The Kier molecular flexibility index (Phi) is 5.52. The highest BCUT2D eigenvalue weighted by atomic mass is 32.2. The van der Waals surface area contributed by atoms with Crippen molar-refractivity contribution in [2.45, 2.75) is 16.2 Å². The standard InChI is InChI=1S/C15H19N5O6S2/c1-17-12-15(11-16-17)28(25,26)19-7-3-6-18(8-9-19)27(23,24)14-5-2-4-13(10-14)20(21)22/h2,4-5,10-12H,3,6-9H2,1H3. The van der Waals surface area contributed by atoms with Crippen LogP contribution in [-0.4, -0.2) is 66.3 Å². The molecular formula is C15H19N5O6S2. The Balaban J connectivity index is 1.81. The third-order valence-electron chi connectivity index (χ3n) is 4.40. The van der Waals surface area contributed by atoms with Crippen LogP contribution >= 0.6 is 0 Å². The number of benzene rings is 1. The zero-order valence-electron chi connectivity index (χ0n) is 15.0. The fourth-order valence-corrected chi connectivity index (χ4v) is 5.90. The third kappa shape index (κ3) is 3.92. The second-order valence-corrected chi connectivity index (χ2v) is 10.1. The Morgan fingerprint density at radius 1 is 1.00 bits per heavy atom. The summed E-state index contributed by atoms with van der Waals surface area (Å²) in [6.45, 7) is 0.207. The highest BCUT2D eigenvalue weighted by Gasteiger charge is 2.32. The van der Waals surface area contributed by atoms with Gasteiger partial charge in [0.2, 0.25) is 20.0 Å². The van der Waals surface area contributed by atoms with E-state index in [2.05, 4.69) is 5.10 Å². The molecule has 2 heterocycles. The lowest BCUT2D eigenvalue weighted by Crippen LogP contribution is -2.37. The van der Waals surface area contributed by atoms with Crippen LogP contribution in [0.2, 0.25) is 0 Å². The first-order valence-corrected chi connectivity index (χ1v) is 11.2. The van der Waals surface area contributed by atoms with Gasteiger partial charge in [0.1, 0.15) is 4.90 Å². The van der Waals surface area contributed by atoms with Crippen molar-refractivity contribution in [3.05, 3.63) is 46.8 Å². The van der Waals surface area contributed by atoms with Gasteiger partial charge in [-0.3, -0.25) is 14.8 Å². The lowest BCUT2D eigenvalue weighted by molar-refractivity contribution is -0.385. The summed E-state index contributed by atoms with van der Waals surface area (Å²) in [7, 11) is -6.15. The van der Waals surface area contributed by atoms with Crippen molar-refractivity contribution in [1.82, 2.24) is 18.4 Å². The first-order valence-electron chi connectivity index (χ1n) is 8.36. The molecule has 0 atom stereocenters. The van der Waals surface area contributed by atoms with Gasteiger partial charge in [-0.2, -0.15) is 13.7 Å². The van der Waals surface area contributed by atoms with Crippen LogP contribution in [0.25, 0.3) is 0 Å². The second-order valence-electron chi connectivity index (χ2n) is 6.27. The normalized spacial score (nSPS) is 17.3. The van der Waals surface area contributed by atoms with Gasteiger partial charge in [0.15, 0.2) is 0 Å². The van der Waals surface area contributed by atoms with Crippen LogP contribution in [0.1, 0.15) is 6.42 Å². The monoisotopic (exact) mass is 429 g/mol. The lowest BCUT2D eigenvalue weighted by atomic mass is 10.3. The summed E-state index contributed by atoms with van der Waals surface area (Å²) in [5.41, 5.74) is -0.323. The molecule has 3 rings (SSSR count). The quantitative estimate of drug-likeness (QED) is 0.496. The van der Waals surface area contributed by atoms with Crippen molar-refractivity contribution in [1.29, 1.82) is 0 Å². The van der Waals surface area contributed by atoms with E-state index in [1.165, 1.54) is 39.6 Å². The Hall–Kier alpha value is -2.35. The summed E-state index contributed by atoms with van der Waals surface area (Å²) < 4.78 is 55.0. The minimum Gasteiger partial charge on any atom is -0.274 e. The van der Waals surface area contributed by atoms with Crippen molar-refractivity contribution < 1.29 is 21.8 Å². The van der Waals surface area contributed by atoms with E-state index < -0.39 is 25.0 Å². The Labute approximate surface area is 162 Å². The Bertz CT molecular complexity index is 1100. The molecule has 152 valence electrons. The number of hydrogen-bond donors (Lipinski definition) is 0. The molecule has 0 saturated carbocycles. The van der Waals surface area contributed by atoms with E-state index >= 15 is 0 Å². The average molecular weight is 429 g/mol. The largest absolute Gasteiger partial charge is 0.274 e. The van der Waals surface area contributed by atoms with E-state index in [0.717, 1.165) is 10.4 Å². The van der Waals surface area contributed by atoms with E-state index in [-0.39, 0.29) is 41.7 Å². The minimum absolute atomic E-state index is 0.0224. The molecule has 0 radical (unpaired) electrons. The van der Waals surface area contributed by atoms with Crippen LogP contribution < -0.4 is 0 Å². The number of aromatic nitrogens is 2. The fraction of sp³-hybridized carbons (Fsp3) is 0.400. The maximum absolute atomic E-state index is 12.9. The molecule has 0 N–H and O–H groups in total.